The summed E-state index contributed by atoms with van der Waals surface area (Å²) in [6, 6.07) is 12.6. The van der Waals surface area contributed by atoms with E-state index in [4.69, 9.17) is 5.73 Å². The molecule has 0 aromatic heterocycles. The van der Waals surface area contributed by atoms with Crippen molar-refractivity contribution in [2.45, 2.75) is 36.5 Å². The van der Waals surface area contributed by atoms with Crippen LogP contribution in [0.25, 0.3) is 0 Å². The summed E-state index contributed by atoms with van der Waals surface area (Å²) < 4.78 is 27.8. The van der Waals surface area contributed by atoms with Gasteiger partial charge in [-0.1, -0.05) is 44.2 Å². The minimum Gasteiger partial charge on any atom is -0.341 e. The van der Waals surface area contributed by atoms with Crippen molar-refractivity contribution in [2.24, 2.45) is 11.1 Å². The van der Waals surface area contributed by atoms with Crippen LogP contribution in [0, 0.1) is 17.0 Å². The number of piperidine rings is 1. The number of carbonyl (C=O) groups excluding carboxylic acids is 1. The first-order valence-corrected chi connectivity index (χ1v) is 9.87. The lowest BCUT2D eigenvalue weighted by molar-refractivity contribution is -0.134. The fourth-order valence-corrected chi connectivity index (χ4v) is 4.47. The highest BCUT2D eigenvalue weighted by molar-refractivity contribution is 8.00. The van der Waals surface area contributed by atoms with Gasteiger partial charge in [-0.05, 0) is 35.6 Å². The molecule has 0 radical (unpaired) electrons. The maximum Gasteiger partial charge on any atom is 0.240 e. The number of likely N-dealkylation sites (tertiary alicyclic amines) is 1. The molecule has 1 heterocycles. The van der Waals surface area contributed by atoms with Gasteiger partial charge >= 0.3 is 0 Å². The lowest BCUT2D eigenvalue weighted by Gasteiger charge is -2.43. The largest absolute Gasteiger partial charge is 0.341 e. The predicted octanol–water partition coefficient (Wildman–Crippen LogP) is 4.38. The van der Waals surface area contributed by atoms with E-state index in [1.165, 1.54) is 0 Å². The first kappa shape index (κ1) is 19.8. The highest BCUT2D eigenvalue weighted by Crippen LogP contribution is 2.40. The number of rotatable bonds is 4. The average Bonchev–Trinajstić information content (AvgIpc) is 2.64. The van der Waals surface area contributed by atoms with Gasteiger partial charge in [-0.25, -0.2) is 8.78 Å². The topological polar surface area (TPSA) is 46.3 Å². The summed E-state index contributed by atoms with van der Waals surface area (Å²) >= 11 is 1.05. The molecule has 1 amide bonds. The van der Waals surface area contributed by atoms with Crippen LogP contribution in [0.3, 0.4) is 0 Å². The molecular weight excluding hydrogens is 366 g/mol. The number of hydrogen-bond donors (Lipinski definition) is 1. The van der Waals surface area contributed by atoms with Crippen LogP contribution in [0.1, 0.15) is 31.1 Å². The maximum absolute atomic E-state index is 14.2. The molecule has 144 valence electrons. The molecule has 3 nitrogen and oxygen atoms in total. The summed E-state index contributed by atoms with van der Waals surface area (Å²) in [7, 11) is 0. The number of hydrogen-bond acceptors (Lipinski definition) is 3. The van der Waals surface area contributed by atoms with Crippen LogP contribution in [0.5, 0.6) is 0 Å². The SMILES string of the molecule is CC1(C)CN(C(=O)C(Sc2cc(F)ccc2F)c2ccccc2)CCC1N. The fraction of sp³-hybridized carbons (Fsp3) is 0.381. The average molecular weight is 390 g/mol. The molecular formula is C21H24F2N2OS. The van der Waals surface area contributed by atoms with E-state index >= 15 is 0 Å². The van der Waals surface area contributed by atoms with Crippen molar-refractivity contribution in [3.05, 3.63) is 65.7 Å². The molecule has 1 aliphatic heterocycles. The van der Waals surface area contributed by atoms with Crippen LogP contribution in [0.4, 0.5) is 8.78 Å². The number of nitrogens with two attached hydrogens (primary N) is 1. The number of carbonyl (C=O) groups is 1. The van der Waals surface area contributed by atoms with Crippen LogP contribution in [-0.4, -0.2) is 29.9 Å². The summed E-state index contributed by atoms with van der Waals surface area (Å²) in [5, 5.41) is -0.646. The van der Waals surface area contributed by atoms with Crippen LogP contribution in [0.2, 0.25) is 0 Å². The Labute approximate surface area is 162 Å². The molecule has 2 N–H and O–H groups in total. The molecule has 0 saturated carbocycles. The Bertz CT molecular complexity index is 813. The number of halogens is 2. The normalized spacial score (nSPS) is 20.3. The third kappa shape index (κ3) is 4.50. The lowest BCUT2D eigenvalue weighted by atomic mass is 9.79. The monoisotopic (exact) mass is 390 g/mol. The Kier molecular flexibility index (Phi) is 5.86. The van der Waals surface area contributed by atoms with Crippen molar-refractivity contribution in [1.29, 1.82) is 0 Å². The van der Waals surface area contributed by atoms with Crippen LogP contribution in [0.15, 0.2) is 53.4 Å². The zero-order valence-corrected chi connectivity index (χ0v) is 16.3. The first-order chi connectivity index (χ1) is 12.8. The fourth-order valence-electron chi connectivity index (χ4n) is 3.31. The minimum atomic E-state index is -0.646. The summed E-state index contributed by atoms with van der Waals surface area (Å²) in [6.07, 6.45) is 0.721. The van der Waals surface area contributed by atoms with E-state index in [-0.39, 0.29) is 22.3 Å². The van der Waals surface area contributed by atoms with E-state index in [1.54, 1.807) is 4.90 Å². The maximum atomic E-state index is 14.2. The quantitative estimate of drug-likeness (QED) is 0.788. The zero-order chi connectivity index (χ0) is 19.6. The second-order valence-corrected chi connectivity index (χ2v) is 8.77. The molecule has 3 rings (SSSR count). The molecule has 2 aromatic carbocycles. The van der Waals surface area contributed by atoms with E-state index in [2.05, 4.69) is 0 Å². The zero-order valence-electron chi connectivity index (χ0n) is 15.5. The van der Waals surface area contributed by atoms with E-state index in [0.717, 1.165) is 41.9 Å². The number of thioether (sulfide) groups is 1. The Balaban J connectivity index is 1.91. The second-order valence-electron chi connectivity index (χ2n) is 7.63. The highest BCUT2D eigenvalue weighted by Gasteiger charge is 2.38. The molecule has 1 fully saturated rings. The molecule has 1 aliphatic rings. The lowest BCUT2D eigenvalue weighted by Crippen LogP contribution is -2.54. The molecule has 27 heavy (non-hydrogen) atoms. The second kappa shape index (κ2) is 7.98. The van der Waals surface area contributed by atoms with Gasteiger partial charge in [0.15, 0.2) is 0 Å². The first-order valence-electron chi connectivity index (χ1n) is 8.99. The molecule has 0 spiro atoms. The van der Waals surface area contributed by atoms with Crippen molar-refractivity contribution in [2.75, 3.05) is 13.1 Å². The van der Waals surface area contributed by atoms with Gasteiger partial charge in [0, 0.05) is 24.0 Å². The van der Waals surface area contributed by atoms with E-state index in [1.807, 2.05) is 44.2 Å². The standard InChI is InChI=1S/C21H24F2N2OS/c1-21(2)13-25(11-10-18(21)24)20(26)19(14-6-4-3-5-7-14)27-17-12-15(22)8-9-16(17)23/h3-9,12,18-19H,10-11,13,24H2,1-2H3. The van der Waals surface area contributed by atoms with Gasteiger partial charge < -0.3 is 10.6 Å². The smallest absolute Gasteiger partial charge is 0.240 e. The molecule has 2 aromatic rings. The van der Waals surface area contributed by atoms with Gasteiger partial charge in [-0.15, -0.1) is 11.8 Å². The van der Waals surface area contributed by atoms with E-state index < -0.39 is 16.9 Å². The number of amides is 1. The summed E-state index contributed by atoms with van der Waals surface area (Å²) in [6.45, 7) is 5.21. The van der Waals surface area contributed by atoms with Gasteiger partial charge in [-0.3, -0.25) is 4.79 Å². The number of nitrogens with zero attached hydrogens (tertiary/aromatic N) is 1. The van der Waals surface area contributed by atoms with Gasteiger partial charge in [0.25, 0.3) is 0 Å². The van der Waals surface area contributed by atoms with E-state index in [0.29, 0.717) is 13.1 Å². The van der Waals surface area contributed by atoms with Gasteiger partial charge in [0.05, 0.1) is 0 Å². The summed E-state index contributed by atoms with van der Waals surface area (Å²) in [4.78, 5) is 15.3. The van der Waals surface area contributed by atoms with Crippen LogP contribution >= 0.6 is 11.8 Å². The Morgan fingerprint density at radius 1 is 1.22 bits per heavy atom. The minimum absolute atomic E-state index is 0.0324. The van der Waals surface area contributed by atoms with E-state index in [9.17, 15) is 13.6 Å². The van der Waals surface area contributed by atoms with Crippen molar-refractivity contribution < 1.29 is 13.6 Å². The molecule has 1 saturated heterocycles. The van der Waals surface area contributed by atoms with Crippen LogP contribution in [-0.2, 0) is 4.79 Å². The highest BCUT2D eigenvalue weighted by atomic mass is 32.2. The van der Waals surface area contributed by atoms with Crippen molar-refractivity contribution in [3.8, 4) is 0 Å². The summed E-state index contributed by atoms with van der Waals surface area (Å²) in [5.41, 5.74) is 6.76. The molecule has 2 atom stereocenters. The van der Waals surface area contributed by atoms with Gasteiger partial charge in [0.2, 0.25) is 5.91 Å². The van der Waals surface area contributed by atoms with Crippen molar-refractivity contribution in [3.63, 3.8) is 0 Å². The van der Waals surface area contributed by atoms with Gasteiger partial charge in [0.1, 0.15) is 16.9 Å². The third-order valence-electron chi connectivity index (χ3n) is 5.09. The Morgan fingerprint density at radius 3 is 2.59 bits per heavy atom. The Hall–Kier alpha value is -1.92. The molecule has 0 bridgehead atoms. The Morgan fingerprint density at radius 2 is 1.93 bits per heavy atom. The van der Waals surface area contributed by atoms with Crippen molar-refractivity contribution >= 4 is 17.7 Å². The predicted molar refractivity (Wildman–Crippen MR) is 104 cm³/mol. The number of benzene rings is 2. The molecule has 6 heteroatoms. The third-order valence-corrected chi connectivity index (χ3v) is 6.36. The molecule has 0 aliphatic carbocycles. The van der Waals surface area contributed by atoms with Crippen molar-refractivity contribution in [1.82, 2.24) is 4.90 Å². The molecule has 2 unspecified atom stereocenters. The van der Waals surface area contributed by atoms with Gasteiger partial charge in [-0.2, -0.15) is 0 Å². The van der Waals surface area contributed by atoms with Crippen LogP contribution < -0.4 is 5.73 Å². The summed E-state index contributed by atoms with van der Waals surface area (Å²) in [5.74, 6) is -1.16.